The maximum atomic E-state index is 11.8. The normalized spacial score (nSPS) is 26.7. The highest BCUT2D eigenvalue weighted by Crippen LogP contribution is 2.33. The lowest BCUT2D eigenvalue weighted by Crippen LogP contribution is -2.42. The molecule has 1 unspecified atom stereocenters. The molecule has 1 aromatic heterocycles. The number of nitrogens with zero attached hydrogens (tertiary/aromatic N) is 3. The minimum atomic E-state index is -0.0233. The molecule has 0 aliphatic carbocycles. The highest BCUT2D eigenvalue weighted by molar-refractivity contribution is 5.99. The number of amides is 1. The van der Waals surface area contributed by atoms with Crippen LogP contribution < -0.4 is 10.2 Å². The largest absolute Gasteiger partial charge is 0.316 e. The second kappa shape index (κ2) is 4.27. The van der Waals surface area contributed by atoms with E-state index >= 15 is 0 Å². The minimum absolute atomic E-state index is 0.0233. The first-order valence-electron chi connectivity index (χ1n) is 6.86. The summed E-state index contributed by atoms with van der Waals surface area (Å²) in [4.78, 5) is 22.8. The van der Waals surface area contributed by atoms with Gasteiger partial charge in [0.15, 0.2) is 0 Å². The predicted octanol–water partition coefficient (Wildman–Crippen LogP) is 0.945. The maximum absolute atomic E-state index is 11.8. The first kappa shape index (κ1) is 12.5. The number of rotatable bonds is 1. The Morgan fingerprint density at radius 1 is 1.37 bits per heavy atom. The van der Waals surface area contributed by atoms with Crippen molar-refractivity contribution in [2.24, 2.45) is 0 Å². The Kier molecular flexibility index (Phi) is 2.82. The number of fused-ring (bicyclic) bond motifs is 1. The van der Waals surface area contributed by atoms with Gasteiger partial charge in [-0.1, -0.05) is 6.92 Å². The van der Waals surface area contributed by atoms with Gasteiger partial charge in [-0.25, -0.2) is 9.97 Å². The van der Waals surface area contributed by atoms with Gasteiger partial charge in [0.2, 0.25) is 5.91 Å². The summed E-state index contributed by atoms with van der Waals surface area (Å²) in [6.45, 7) is 6.16. The smallest absolute Gasteiger partial charge is 0.232 e. The lowest BCUT2D eigenvalue weighted by molar-refractivity contribution is -0.117. The van der Waals surface area contributed by atoms with Gasteiger partial charge in [0.25, 0.3) is 0 Å². The second-order valence-electron chi connectivity index (χ2n) is 5.91. The average Bonchev–Trinajstić information content (AvgIpc) is 2.68. The number of hydrogen-bond acceptors (Lipinski definition) is 4. The molecule has 1 saturated heterocycles. The van der Waals surface area contributed by atoms with E-state index in [4.69, 9.17) is 4.98 Å². The number of nitrogens with one attached hydrogen (secondary N) is 1. The van der Waals surface area contributed by atoms with Crippen molar-refractivity contribution in [3.63, 3.8) is 0 Å². The van der Waals surface area contributed by atoms with Gasteiger partial charge in [-0.15, -0.1) is 0 Å². The first-order valence-corrected chi connectivity index (χ1v) is 6.86. The zero-order valence-electron chi connectivity index (χ0n) is 11.8. The Morgan fingerprint density at radius 2 is 2.16 bits per heavy atom. The van der Waals surface area contributed by atoms with Crippen molar-refractivity contribution in [3.05, 3.63) is 17.1 Å². The van der Waals surface area contributed by atoms with E-state index in [1.165, 1.54) is 0 Å². The van der Waals surface area contributed by atoms with Gasteiger partial charge < -0.3 is 5.32 Å². The van der Waals surface area contributed by atoms with Gasteiger partial charge in [0.05, 0.1) is 6.42 Å². The molecule has 1 N–H and O–H groups in total. The van der Waals surface area contributed by atoms with E-state index in [0.29, 0.717) is 6.42 Å². The quantitative estimate of drug-likeness (QED) is 0.816. The summed E-state index contributed by atoms with van der Waals surface area (Å²) in [5.41, 5.74) is 1.91. The van der Waals surface area contributed by atoms with Gasteiger partial charge in [-0.05, 0) is 26.3 Å². The van der Waals surface area contributed by atoms with Crippen molar-refractivity contribution in [1.29, 1.82) is 0 Å². The van der Waals surface area contributed by atoms with Crippen molar-refractivity contribution in [2.75, 3.05) is 25.0 Å². The Labute approximate surface area is 113 Å². The molecule has 19 heavy (non-hydrogen) atoms. The third kappa shape index (κ3) is 1.92. The Hall–Kier alpha value is -1.49. The molecule has 2 aliphatic rings. The number of aryl methyl sites for hydroxylation is 1. The summed E-state index contributed by atoms with van der Waals surface area (Å²) in [6.07, 6.45) is 2.67. The van der Waals surface area contributed by atoms with Crippen LogP contribution in [0.1, 0.15) is 36.8 Å². The number of carbonyl (C=O) groups is 1. The molecule has 3 heterocycles. The molecule has 1 fully saturated rings. The number of hydrogen-bond donors (Lipinski definition) is 1. The Morgan fingerprint density at radius 3 is 2.84 bits per heavy atom. The number of anilines is 1. The monoisotopic (exact) mass is 260 g/mol. The molecule has 3 rings (SSSR count). The van der Waals surface area contributed by atoms with Crippen LogP contribution in [0.2, 0.25) is 0 Å². The topological polar surface area (TPSA) is 58.1 Å². The number of carbonyl (C=O) groups excluding carboxylic acids is 1. The van der Waals surface area contributed by atoms with E-state index in [1.54, 1.807) is 11.9 Å². The van der Waals surface area contributed by atoms with Crippen molar-refractivity contribution in [3.8, 4) is 0 Å². The van der Waals surface area contributed by atoms with Gasteiger partial charge in [0, 0.05) is 30.3 Å². The number of likely N-dealkylation sites (N-methyl/N-ethyl adjacent to an activating group) is 1. The molecule has 1 aromatic rings. The molecule has 0 spiro atoms. The molecule has 0 radical (unpaired) electrons. The summed E-state index contributed by atoms with van der Waals surface area (Å²) >= 11 is 0. The molecule has 0 bridgehead atoms. The zero-order valence-corrected chi connectivity index (χ0v) is 11.8. The summed E-state index contributed by atoms with van der Waals surface area (Å²) < 4.78 is 0. The van der Waals surface area contributed by atoms with Crippen LogP contribution >= 0.6 is 0 Å². The standard InChI is InChI=1S/C14H20N4O/c1-9-10-7-11(19)18(3)12(10)17-13(16-9)14(2)5-4-6-15-8-14/h15H,4-8H2,1-3H3. The predicted molar refractivity (Wildman–Crippen MR) is 73.3 cm³/mol. The van der Waals surface area contributed by atoms with Crippen LogP contribution in [0.25, 0.3) is 0 Å². The molecule has 5 heteroatoms. The molecule has 0 saturated carbocycles. The van der Waals surface area contributed by atoms with E-state index in [0.717, 1.165) is 48.8 Å². The molecule has 2 aliphatic heterocycles. The summed E-state index contributed by atoms with van der Waals surface area (Å²) in [5, 5.41) is 3.42. The maximum Gasteiger partial charge on any atom is 0.232 e. The lowest BCUT2D eigenvalue weighted by Gasteiger charge is -2.33. The number of aromatic nitrogens is 2. The Bertz CT molecular complexity index is 534. The molecule has 0 aromatic carbocycles. The van der Waals surface area contributed by atoms with Crippen LogP contribution in [-0.4, -0.2) is 36.0 Å². The van der Waals surface area contributed by atoms with Gasteiger partial charge in [-0.3, -0.25) is 9.69 Å². The molecule has 1 amide bonds. The van der Waals surface area contributed by atoms with Crippen LogP contribution in [0, 0.1) is 6.92 Å². The van der Waals surface area contributed by atoms with E-state index in [-0.39, 0.29) is 11.3 Å². The Balaban J connectivity index is 2.05. The summed E-state index contributed by atoms with van der Waals surface area (Å²) in [5.74, 6) is 1.79. The van der Waals surface area contributed by atoms with Crippen molar-refractivity contribution in [1.82, 2.24) is 15.3 Å². The zero-order chi connectivity index (χ0) is 13.6. The fourth-order valence-electron chi connectivity index (χ4n) is 2.97. The molecule has 5 nitrogen and oxygen atoms in total. The van der Waals surface area contributed by atoms with Crippen molar-refractivity contribution >= 4 is 11.7 Å². The highest BCUT2D eigenvalue weighted by atomic mass is 16.2. The molecule has 102 valence electrons. The fraction of sp³-hybridized carbons (Fsp3) is 0.643. The minimum Gasteiger partial charge on any atom is -0.316 e. The van der Waals surface area contributed by atoms with Crippen LogP contribution in [0.4, 0.5) is 5.82 Å². The van der Waals surface area contributed by atoms with Gasteiger partial charge in [0.1, 0.15) is 11.6 Å². The van der Waals surface area contributed by atoms with Crippen LogP contribution in [0.3, 0.4) is 0 Å². The summed E-state index contributed by atoms with van der Waals surface area (Å²) in [6, 6.07) is 0. The van der Waals surface area contributed by atoms with Crippen LogP contribution in [0.5, 0.6) is 0 Å². The fourth-order valence-corrected chi connectivity index (χ4v) is 2.97. The second-order valence-corrected chi connectivity index (χ2v) is 5.91. The van der Waals surface area contributed by atoms with E-state index in [9.17, 15) is 4.79 Å². The highest BCUT2D eigenvalue weighted by Gasteiger charge is 2.35. The van der Waals surface area contributed by atoms with Gasteiger partial charge in [-0.2, -0.15) is 0 Å². The summed E-state index contributed by atoms with van der Waals surface area (Å²) in [7, 11) is 1.80. The molecule has 1 atom stereocenters. The van der Waals surface area contributed by atoms with E-state index in [1.807, 2.05) is 6.92 Å². The average molecular weight is 260 g/mol. The molecular formula is C14H20N4O. The van der Waals surface area contributed by atoms with E-state index < -0.39 is 0 Å². The molecular weight excluding hydrogens is 240 g/mol. The SMILES string of the molecule is Cc1nc(C2(C)CCCNC2)nc2c1CC(=O)N2C. The van der Waals surface area contributed by atoms with Crippen molar-refractivity contribution in [2.45, 2.75) is 38.5 Å². The van der Waals surface area contributed by atoms with Gasteiger partial charge >= 0.3 is 0 Å². The van der Waals surface area contributed by atoms with Crippen LogP contribution in [-0.2, 0) is 16.6 Å². The van der Waals surface area contributed by atoms with Crippen molar-refractivity contribution < 1.29 is 4.79 Å². The third-order valence-corrected chi connectivity index (χ3v) is 4.35. The first-order chi connectivity index (χ1) is 9.01. The third-order valence-electron chi connectivity index (χ3n) is 4.35. The number of piperidine rings is 1. The van der Waals surface area contributed by atoms with Crippen LogP contribution in [0.15, 0.2) is 0 Å². The lowest BCUT2D eigenvalue weighted by atomic mass is 9.82. The van der Waals surface area contributed by atoms with E-state index in [2.05, 4.69) is 17.2 Å².